The van der Waals surface area contributed by atoms with Crippen LogP contribution in [0.5, 0.6) is 0 Å². The second-order valence-corrected chi connectivity index (χ2v) is 29.4. The molecule has 0 rings (SSSR count). The maximum atomic E-state index is 4.23. The predicted molar refractivity (Wildman–Crippen MR) is 121 cm³/mol. The first kappa shape index (κ1) is 24.8. The van der Waals surface area contributed by atoms with Crippen molar-refractivity contribution in [1.29, 1.82) is 0 Å². The molecule has 0 heterocycles. The Morgan fingerprint density at radius 1 is 0.750 bits per heavy atom. The second-order valence-electron chi connectivity index (χ2n) is 8.17. The van der Waals surface area contributed by atoms with E-state index >= 15 is 0 Å². The van der Waals surface area contributed by atoms with E-state index in [1.807, 2.05) is 0 Å². The van der Waals surface area contributed by atoms with Gasteiger partial charge in [0.2, 0.25) is 0 Å². The normalized spacial score (nSPS) is 13.9. The summed E-state index contributed by atoms with van der Waals surface area (Å²) in [4.78, 5) is 0. The van der Waals surface area contributed by atoms with E-state index in [2.05, 4.69) is 54.2 Å². The summed E-state index contributed by atoms with van der Waals surface area (Å²) < 4.78 is 6.20. The van der Waals surface area contributed by atoms with Crippen LogP contribution in [0.3, 0.4) is 0 Å². The van der Waals surface area contributed by atoms with Crippen LogP contribution >= 0.6 is 0 Å². The van der Waals surface area contributed by atoms with Gasteiger partial charge < -0.3 is 0 Å². The third-order valence-electron chi connectivity index (χ3n) is 7.08. The average Bonchev–Trinajstić information content (AvgIpc) is 2.62. The van der Waals surface area contributed by atoms with E-state index in [1.165, 1.54) is 63.1 Å². The van der Waals surface area contributed by atoms with E-state index < -0.39 is 26.5 Å². The second kappa shape index (κ2) is 13.9. The molecule has 0 radical (unpaired) electrons. The van der Waals surface area contributed by atoms with Crippen molar-refractivity contribution in [2.24, 2.45) is 0 Å². The van der Waals surface area contributed by atoms with Gasteiger partial charge in [-0.3, -0.25) is 0 Å². The van der Waals surface area contributed by atoms with E-state index in [-0.39, 0.29) is 0 Å². The summed E-state index contributed by atoms with van der Waals surface area (Å²) in [5, 5.41) is 0. The molecule has 1 atom stereocenters. The number of allylic oxidation sites excluding steroid dienone is 1. The summed E-state index contributed by atoms with van der Waals surface area (Å²) in [6.45, 7) is 19.0. The molecule has 0 aromatic rings. The molecule has 144 valence electrons. The maximum absolute atomic E-state index is 4.23. The van der Waals surface area contributed by atoms with Gasteiger partial charge in [0.15, 0.2) is 0 Å². The Bertz CT molecular complexity index is 279. The Balaban J connectivity index is 5.92. The molecular weight excluding hydrogens is 411 g/mol. The fourth-order valence-electron chi connectivity index (χ4n) is 5.29. The van der Waals surface area contributed by atoms with Crippen LogP contribution in [0, 0.1) is 0 Å². The summed E-state index contributed by atoms with van der Waals surface area (Å²) in [5.41, 5.74) is 0. The van der Waals surface area contributed by atoms with E-state index in [1.54, 1.807) is 13.3 Å². The predicted octanol–water partition coefficient (Wildman–Crippen LogP) is 8.83. The molecule has 0 aromatic carbocycles. The standard InChI is InChI=1S/C10H21Si.3C4H9.Sn/c1-5-9-10-11(6-2,7-3)8-4;3*1-3-4-2;/h5,10H,1,6-9H2,2-4H3;3*1,3-4H2,2H3;. The van der Waals surface area contributed by atoms with Crippen LogP contribution < -0.4 is 0 Å². The molecule has 0 saturated heterocycles. The molecule has 1 unspecified atom stereocenters. The molecule has 0 saturated carbocycles. The first-order chi connectivity index (χ1) is 11.6. The van der Waals surface area contributed by atoms with E-state index in [9.17, 15) is 0 Å². The van der Waals surface area contributed by atoms with Crippen molar-refractivity contribution in [3.63, 3.8) is 0 Å². The Hall–Kier alpha value is 0.756. The zero-order valence-electron chi connectivity index (χ0n) is 18.1. The molecule has 0 N–H and O–H groups in total. The molecule has 2 heteroatoms. The van der Waals surface area contributed by atoms with Crippen LogP contribution in [0.2, 0.25) is 35.0 Å². The van der Waals surface area contributed by atoms with Crippen LogP contribution in [0.25, 0.3) is 0 Å². The monoisotopic (exact) mass is 460 g/mol. The Labute approximate surface area is 160 Å². The topological polar surface area (TPSA) is 0 Å². The molecule has 0 nitrogen and oxygen atoms in total. The number of unbranched alkanes of at least 4 members (excludes halogenated alkanes) is 3. The van der Waals surface area contributed by atoms with Gasteiger partial charge in [0.05, 0.1) is 0 Å². The Morgan fingerprint density at radius 3 is 1.38 bits per heavy atom. The van der Waals surface area contributed by atoms with E-state index in [0.717, 1.165) is 3.56 Å². The number of hydrogen-bond acceptors (Lipinski definition) is 0. The van der Waals surface area contributed by atoms with Gasteiger partial charge in [-0.15, -0.1) is 0 Å². The van der Waals surface area contributed by atoms with Crippen molar-refractivity contribution < 1.29 is 0 Å². The molecule has 0 spiro atoms. The van der Waals surface area contributed by atoms with Gasteiger partial charge >= 0.3 is 161 Å². The van der Waals surface area contributed by atoms with Gasteiger partial charge in [-0.25, -0.2) is 0 Å². The van der Waals surface area contributed by atoms with E-state index in [0.29, 0.717) is 0 Å². The molecule has 0 aliphatic carbocycles. The van der Waals surface area contributed by atoms with Crippen LogP contribution in [0.4, 0.5) is 0 Å². The fourth-order valence-corrected chi connectivity index (χ4v) is 45.6. The fraction of sp³-hybridized carbons (Fsp3) is 0.909. The minimum atomic E-state index is -2.15. The Kier molecular flexibility index (Phi) is 14.3. The zero-order chi connectivity index (χ0) is 18.5. The SMILES string of the molecule is C=CC[CH]([Si](CC)(CC)CC)[Sn]([CH2]CCC)([CH2]CCC)[CH2]CCC. The van der Waals surface area contributed by atoms with Gasteiger partial charge in [0.1, 0.15) is 0 Å². The van der Waals surface area contributed by atoms with Crippen molar-refractivity contribution in [1.82, 2.24) is 0 Å². The van der Waals surface area contributed by atoms with Crippen molar-refractivity contribution in [3.05, 3.63) is 12.7 Å². The van der Waals surface area contributed by atoms with Crippen molar-refractivity contribution in [2.75, 3.05) is 0 Å². The summed E-state index contributed by atoms with van der Waals surface area (Å²) in [7, 11) is -1.13. The summed E-state index contributed by atoms with van der Waals surface area (Å²) >= 11 is -2.15. The molecule has 0 bridgehead atoms. The van der Waals surface area contributed by atoms with Crippen LogP contribution in [0.1, 0.15) is 86.5 Å². The van der Waals surface area contributed by atoms with Crippen LogP contribution in [-0.4, -0.2) is 26.5 Å². The molecule has 0 aromatic heterocycles. The quantitative estimate of drug-likeness (QED) is 0.160. The third kappa shape index (κ3) is 6.81. The number of hydrogen-bond donors (Lipinski definition) is 0. The molecule has 0 aliphatic rings. The van der Waals surface area contributed by atoms with E-state index in [4.69, 9.17) is 0 Å². The van der Waals surface area contributed by atoms with Crippen LogP contribution in [0.15, 0.2) is 12.7 Å². The molecule has 0 aliphatic heterocycles. The van der Waals surface area contributed by atoms with Gasteiger partial charge in [-0.1, -0.05) is 0 Å². The first-order valence-electron chi connectivity index (χ1n) is 11.2. The summed E-state index contributed by atoms with van der Waals surface area (Å²) in [6.07, 6.45) is 12.4. The summed E-state index contributed by atoms with van der Waals surface area (Å²) in [6, 6.07) is 4.55. The van der Waals surface area contributed by atoms with Crippen molar-refractivity contribution >= 4 is 26.5 Å². The van der Waals surface area contributed by atoms with Gasteiger partial charge in [0.25, 0.3) is 0 Å². The van der Waals surface area contributed by atoms with Crippen LogP contribution in [-0.2, 0) is 0 Å². The van der Waals surface area contributed by atoms with Gasteiger partial charge in [-0.05, 0) is 0 Å². The number of rotatable bonds is 16. The minimum absolute atomic E-state index is 1.13. The average molecular weight is 459 g/mol. The summed E-state index contributed by atoms with van der Waals surface area (Å²) in [5.74, 6) is 0. The molecule has 0 fully saturated rings. The van der Waals surface area contributed by atoms with Gasteiger partial charge in [0, 0.05) is 0 Å². The molecular formula is C22H48SiSn. The third-order valence-corrected chi connectivity index (χ3v) is 38.8. The molecule has 0 amide bonds. The first-order valence-corrected chi connectivity index (χ1v) is 21.6. The van der Waals surface area contributed by atoms with Crippen molar-refractivity contribution in [2.45, 2.75) is 121 Å². The van der Waals surface area contributed by atoms with Crippen molar-refractivity contribution in [3.8, 4) is 0 Å². The molecule has 24 heavy (non-hydrogen) atoms. The Morgan fingerprint density at radius 2 is 1.12 bits per heavy atom. The zero-order valence-corrected chi connectivity index (χ0v) is 21.9. The van der Waals surface area contributed by atoms with Gasteiger partial charge in [-0.2, -0.15) is 0 Å².